The van der Waals surface area contributed by atoms with E-state index >= 15 is 0 Å². The molecule has 1 aromatic heterocycles. The van der Waals surface area contributed by atoms with Gasteiger partial charge in [0.2, 0.25) is 0 Å². The first-order valence-corrected chi connectivity index (χ1v) is 6.83. The molecular weight excluding hydrogens is 298 g/mol. The topological polar surface area (TPSA) is 42.1 Å². The Hall–Kier alpha value is -0.680. The Bertz CT molecular complexity index is 409. The summed E-state index contributed by atoms with van der Waals surface area (Å²) in [5.74, 6) is 1.16. The van der Waals surface area contributed by atoms with Gasteiger partial charge in [-0.2, -0.15) is 0 Å². The van der Waals surface area contributed by atoms with Gasteiger partial charge in [0, 0.05) is 23.5 Å². The van der Waals surface area contributed by atoms with E-state index < -0.39 is 0 Å². The number of hydrogen-bond acceptors (Lipinski definition) is 3. The SMILES string of the molecule is CCN(CC(C)C(N)=S)c1ccc(Br)c(C)n1. The standard InChI is InChI=1S/C12H18BrN3S/c1-4-16(7-8(2)12(14)17)11-6-5-10(13)9(3)15-11/h5-6,8H,4,7H2,1-3H3,(H2,14,17). The summed E-state index contributed by atoms with van der Waals surface area (Å²) < 4.78 is 1.03. The number of hydrogen-bond donors (Lipinski definition) is 1. The van der Waals surface area contributed by atoms with Crippen LogP contribution in [0.1, 0.15) is 19.5 Å². The highest BCUT2D eigenvalue weighted by molar-refractivity contribution is 9.10. The van der Waals surface area contributed by atoms with Gasteiger partial charge in [0.05, 0.1) is 10.7 Å². The fourth-order valence-electron chi connectivity index (χ4n) is 1.51. The van der Waals surface area contributed by atoms with E-state index in [2.05, 4.69) is 32.7 Å². The second-order valence-corrected chi connectivity index (χ2v) is 5.40. The highest BCUT2D eigenvalue weighted by Gasteiger charge is 2.13. The Balaban J connectivity index is 2.86. The first kappa shape index (κ1) is 14.4. The third-order valence-corrected chi connectivity index (χ3v) is 3.93. The molecular formula is C12H18BrN3S. The second-order valence-electron chi connectivity index (χ2n) is 4.08. The molecule has 5 heteroatoms. The van der Waals surface area contributed by atoms with Crippen molar-refractivity contribution in [2.75, 3.05) is 18.0 Å². The first-order valence-electron chi connectivity index (χ1n) is 5.63. The van der Waals surface area contributed by atoms with E-state index in [0.29, 0.717) is 4.99 Å². The van der Waals surface area contributed by atoms with Crippen molar-refractivity contribution in [3.63, 3.8) is 0 Å². The van der Waals surface area contributed by atoms with E-state index in [-0.39, 0.29) is 5.92 Å². The average Bonchev–Trinajstić information content (AvgIpc) is 2.29. The molecule has 1 aromatic rings. The lowest BCUT2D eigenvalue weighted by Crippen LogP contribution is -2.34. The molecule has 0 aliphatic carbocycles. The fraction of sp³-hybridized carbons (Fsp3) is 0.500. The third kappa shape index (κ3) is 3.92. The predicted octanol–water partition coefficient (Wildman–Crippen LogP) is 2.90. The Morgan fingerprint density at radius 2 is 2.24 bits per heavy atom. The summed E-state index contributed by atoms with van der Waals surface area (Å²) in [5, 5.41) is 0. The van der Waals surface area contributed by atoms with E-state index in [1.165, 1.54) is 0 Å². The van der Waals surface area contributed by atoms with Crippen LogP contribution in [0.25, 0.3) is 0 Å². The summed E-state index contributed by atoms with van der Waals surface area (Å²) in [6.07, 6.45) is 0. The number of anilines is 1. The van der Waals surface area contributed by atoms with E-state index in [1.54, 1.807) is 0 Å². The van der Waals surface area contributed by atoms with Gasteiger partial charge >= 0.3 is 0 Å². The van der Waals surface area contributed by atoms with Crippen molar-refractivity contribution in [3.05, 3.63) is 22.3 Å². The van der Waals surface area contributed by atoms with Crippen LogP contribution in [0.5, 0.6) is 0 Å². The summed E-state index contributed by atoms with van der Waals surface area (Å²) in [4.78, 5) is 7.29. The fourth-order valence-corrected chi connectivity index (χ4v) is 1.81. The summed E-state index contributed by atoms with van der Waals surface area (Å²) in [5.41, 5.74) is 6.64. The lowest BCUT2D eigenvalue weighted by molar-refractivity contribution is 0.699. The largest absolute Gasteiger partial charge is 0.393 e. The molecule has 2 N–H and O–H groups in total. The normalized spacial score (nSPS) is 12.2. The molecule has 0 amide bonds. The summed E-state index contributed by atoms with van der Waals surface area (Å²) >= 11 is 8.46. The maximum Gasteiger partial charge on any atom is 0.128 e. The molecule has 94 valence electrons. The quantitative estimate of drug-likeness (QED) is 0.848. The number of aromatic nitrogens is 1. The molecule has 1 atom stereocenters. The van der Waals surface area contributed by atoms with Crippen LogP contribution < -0.4 is 10.6 Å². The minimum Gasteiger partial charge on any atom is -0.393 e. The van der Waals surface area contributed by atoms with Crippen molar-refractivity contribution >= 4 is 39.0 Å². The summed E-state index contributed by atoms with van der Waals surface area (Å²) in [6.45, 7) is 7.82. The van der Waals surface area contributed by atoms with Crippen LogP contribution in [0.15, 0.2) is 16.6 Å². The van der Waals surface area contributed by atoms with Crippen molar-refractivity contribution in [2.24, 2.45) is 11.7 Å². The molecule has 0 saturated carbocycles. The maximum atomic E-state index is 5.65. The van der Waals surface area contributed by atoms with Crippen LogP contribution in [0.4, 0.5) is 5.82 Å². The zero-order valence-corrected chi connectivity index (χ0v) is 12.8. The van der Waals surface area contributed by atoms with Crippen LogP contribution in [0, 0.1) is 12.8 Å². The molecule has 0 aliphatic heterocycles. The molecule has 0 aliphatic rings. The van der Waals surface area contributed by atoms with Crippen molar-refractivity contribution in [3.8, 4) is 0 Å². The smallest absolute Gasteiger partial charge is 0.128 e. The molecule has 0 saturated heterocycles. The van der Waals surface area contributed by atoms with Crippen molar-refractivity contribution < 1.29 is 0 Å². The number of rotatable bonds is 5. The number of pyridine rings is 1. The minimum atomic E-state index is 0.190. The van der Waals surface area contributed by atoms with Gasteiger partial charge in [0.1, 0.15) is 5.82 Å². The number of halogens is 1. The Morgan fingerprint density at radius 3 is 2.71 bits per heavy atom. The number of thiocarbonyl (C=S) groups is 1. The summed E-state index contributed by atoms with van der Waals surface area (Å²) in [7, 11) is 0. The van der Waals surface area contributed by atoms with Gasteiger partial charge in [-0.15, -0.1) is 0 Å². The van der Waals surface area contributed by atoms with E-state index in [0.717, 1.165) is 29.1 Å². The van der Waals surface area contributed by atoms with E-state index in [1.807, 2.05) is 26.0 Å². The van der Waals surface area contributed by atoms with Crippen LogP contribution in [-0.4, -0.2) is 23.1 Å². The number of aryl methyl sites for hydroxylation is 1. The molecule has 17 heavy (non-hydrogen) atoms. The number of nitrogens with zero attached hydrogens (tertiary/aromatic N) is 2. The van der Waals surface area contributed by atoms with Gasteiger partial charge in [0.15, 0.2) is 0 Å². The Morgan fingerprint density at radius 1 is 1.59 bits per heavy atom. The van der Waals surface area contributed by atoms with Crippen LogP contribution in [0.2, 0.25) is 0 Å². The Labute approximate surface area is 117 Å². The van der Waals surface area contributed by atoms with Gasteiger partial charge in [-0.25, -0.2) is 4.98 Å². The summed E-state index contributed by atoms with van der Waals surface area (Å²) in [6, 6.07) is 4.03. The molecule has 0 aromatic carbocycles. The van der Waals surface area contributed by atoms with Crippen LogP contribution >= 0.6 is 28.1 Å². The van der Waals surface area contributed by atoms with Gasteiger partial charge < -0.3 is 10.6 Å². The van der Waals surface area contributed by atoms with Gasteiger partial charge in [-0.1, -0.05) is 19.1 Å². The first-order chi connectivity index (χ1) is 7.95. The van der Waals surface area contributed by atoms with Gasteiger partial charge in [-0.3, -0.25) is 0 Å². The molecule has 0 spiro atoms. The maximum absolute atomic E-state index is 5.65. The lowest BCUT2D eigenvalue weighted by Gasteiger charge is -2.25. The molecule has 1 rings (SSSR count). The van der Waals surface area contributed by atoms with Crippen molar-refractivity contribution in [1.82, 2.24) is 4.98 Å². The van der Waals surface area contributed by atoms with Crippen molar-refractivity contribution in [2.45, 2.75) is 20.8 Å². The van der Waals surface area contributed by atoms with Gasteiger partial charge in [-0.05, 0) is 41.9 Å². The number of nitrogens with two attached hydrogens (primary N) is 1. The van der Waals surface area contributed by atoms with E-state index in [9.17, 15) is 0 Å². The average molecular weight is 316 g/mol. The highest BCUT2D eigenvalue weighted by atomic mass is 79.9. The lowest BCUT2D eigenvalue weighted by atomic mass is 10.1. The zero-order chi connectivity index (χ0) is 13.0. The third-order valence-electron chi connectivity index (χ3n) is 2.69. The minimum absolute atomic E-state index is 0.190. The molecule has 1 heterocycles. The molecule has 3 nitrogen and oxygen atoms in total. The van der Waals surface area contributed by atoms with Crippen molar-refractivity contribution in [1.29, 1.82) is 0 Å². The van der Waals surface area contributed by atoms with Crippen LogP contribution in [0.3, 0.4) is 0 Å². The molecule has 0 radical (unpaired) electrons. The highest BCUT2D eigenvalue weighted by Crippen LogP contribution is 2.19. The zero-order valence-electron chi connectivity index (χ0n) is 10.4. The second kappa shape index (κ2) is 6.31. The molecule has 0 bridgehead atoms. The molecule has 1 unspecified atom stereocenters. The predicted molar refractivity (Wildman–Crippen MR) is 80.5 cm³/mol. The molecule has 0 fully saturated rings. The van der Waals surface area contributed by atoms with E-state index in [4.69, 9.17) is 18.0 Å². The Kier molecular flexibility index (Phi) is 5.33. The monoisotopic (exact) mass is 315 g/mol. The van der Waals surface area contributed by atoms with Gasteiger partial charge in [0.25, 0.3) is 0 Å². The van der Waals surface area contributed by atoms with Crippen LogP contribution in [-0.2, 0) is 0 Å².